The first-order valence-electron chi connectivity index (χ1n) is 7.27. The molecule has 1 aromatic carbocycles. The lowest BCUT2D eigenvalue weighted by Gasteiger charge is -2.25. The Morgan fingerprint density at radius 1 is 1.14 bits per heavy atom. The third kappa shape index (κ3) is 6.13. The predicted molar refractivity (Wildman–Crippen MR) is 87.4 cm³/mol. The molecule has 1 unspecified atom stereocenters. The molecule has 1 rings (SSSR count). The molecule has 6 heteroatoms. The second-order valence-electron chi connectivity index (χ2n) is 5.70. The summed E-state index contributed by atoms with van der Waals surface area (Å²) in [5.74, 6) is 0. The Hall–Kier alpha value is -0.950. The molecule has 5 nitrogen and oxygen atoms in total. The van der Waals surface area contributed by atoms with Gasteiger partial charge in [-0.3, -0.25) is 0 Å². The molecule has 2 N–H and O–H groups in total. The van der Waals surface area contributed by atoms with Gasteiger partial charge in [0.15, 0.2) is 0 Å². The van der Waals surface area contributed by atoms with E-state index in [4.69, 9.17) is 0 Å². The highest BCUT2D eigenvalue weighted by Gasteiger charge is 2.18. The van der Waals surface area contributed by atoms with Crippen molar-refractivity contribution in [2.45, 2.75) is 39.3 Å². The van der Waals surface area contributed by atoms with Gasteiger partial charge in [0.05, 0.1) is 0 Å². The summed E-state index contributed by atoms with van der Waals surface area (Å²) in [5, 5.41) is 0. The Balaban J connectivity index is 2.78. The Labute approximate surface area is 128 Å². The average Bonchev–Trinajstić information content (AvgIpc) is 2.37. The largest absolute Gasteiger partial charge is 0.301 e. The van der Waals surface area contributed by atoms with Gasteiger partial charge in [-0.1, -0.05) is 31.2 Å². The van der Waals surface area contributed by atoms with Crippen molar-refractivity contribution < 1.29 is 8.42 Å². The quantitative estimate of drug-likeness (QED) is 0.768. The SMILES string of the molecule is CCc1ccc(C(CNS(=O)(=O)NC(C)C)N(C)C)cc1. The first-order valence-corrected chi connectivity index (χ1v) is 8.75. The minimum atomic E-state index is -3.46. The van der Waals surface area contributed by atoms with Crippen LogP contribution in [0.3, 0.4) is 0 Å². The third-order valence-corrected chi connectivity index (χ3v) is 4.58. The van der Waals surface area contributed by atoms with E-state index in [2.05, 4.69) is 40.6 Å². The van der Waals surface area contributed by atoms with Crippen molar-refractivity contribution in [1.29, 1.82) is 0 Å². The van der Waals surface area contributed by atoms with E-state index in [1.165, 1.54) is 5.56 Å². The van der Waals surface area contributed by atoms with Crippen molar-refractivity contribution >= 4 is 10.2 Å². The van der Waals surface area contributed by atoms with E-state index in [-0.39, 0.29) is 12.1 Å². The summed E-state index contributed by atoms with van der Waals surface area (Å²) in [6.07, 6.45) is 0.998. The Kier molecular flexibility index (Phi) is 6.80. The van der Waals surface area contributed by atoms with Crippen LogP contribution in [-0.4, -0.2) is 40.0 Å². The molecule has 0 saturated heterocycles. The number of hydrogen-bond donors (Lipinski definition) is 2. The highest BCUT2D eigenvalue weighted by atomic mass is 32.2. The highest BCUT2D eigenvalue weighted by molar-refractivity contribution is 7.87. The van der Waals surface area contributed by atoms with Gasteiger partial charge in [-0.05, 0) is 45.5 Å². The van der Waals surface area contributed by atoms with Gasteiger partial charge in [0.2, 0.25) is 0 Å². The van der Waals surface area contributed by atoms with E-state index >= 15 is 0 Å². The van der Waals surface area contributed by atoms with Gasteiger partial charge >= 0.3 is 0 Å². The molecule has 0 aromatic heterocycles. The zero-order valence-electron chi connectivity index (χ0n) is 13.6. The molecule has 0 spiro atoms. The molecular formula is C15H27N3O2S. The lowest BCUT2D eigenvalue weighted by Crippen LogP contribution is -2.43. The molecule has 1 aromatic rings. The van der Waals surface area contributed by atoms with Crippen molar-refractivity contribution in [2.24, 2.45) is 0 Å². The molecule has 0 aliphatic rings. The lowest BCUT2D eigenvalue weighted by molar-refractivity contribution is 0.299. The van der Waals surface area contributed by atoms with E-state index in [0.717, 1.165) is 12.0 Å². The maximum absolute atomic E-state index is 11.9. The van der Waals surface area contributed by atoms with Gasteiger partial charge in [-0.25, -0.2) is 4.72 Å². The van der Waals surface area contributed by atoms with E-state index in [1.54, 1.807) is 13.8 Å². The molecule has 0 heterocycles. The van der Waals surface area contributed by atoms with Gasteiger partial charge in [-0.2, -0.15) is 13.1 Å². The number of likely N-dealkylation sites (N-methyl/N-ethyl adjacent to an activating group) is 1. The predicted octanol–water partition coefficient (Wildman–Crippen LogP) is 1.68. The van der Waals surface area contributed by atoms with Crippen molar-refractivity contribution in [3.05, 3.63) is 35.4 Å². The highest BCUT2D eigenvalue weighted by Crippen LogP contribution is 2.18. The minimum Gasteiger partial charge on any atom is -0.301 e. The summed E-state index contributed by atoms with van der Waals surface area (Å²) in [4.78, 5) is 2.01. The average molecular weight is 313 g/mol. The Morgan fingerprint density at radius 2 is 1.71 bits per heavy atom. The van der Waals surface area contributed by atoms with Crippen LogP contribution in [-0.2, 0) is 16.6 Å². The van der Waals surface area contributed by atoms with Gasteiger partial charge < -0.3 is 4.90 Å². The zero-order valence-corrected chi connectivity index (χ0v) is 14.4. The normalized spacial score (nSPS) is 13.9. The Bertz CT molecular complexity index is 524. The lowest BCUT2D eigenvalue weighted by atomic mass is 10.0. The fourth-order valence-corrected chi connectivity index (χ4v) is 3.20. The summed E-state index contributed by atoms with van der Waals surface area (Å²) in [5.41, 5.74) is 2.38. The molecule has 21 heavy (non-hydrogen) atoms. The Morgan fingerprint density at radius 3 is 2.14 bits per heavy atom. The number of nitrogens with one attached hydrogen (secondary N) is 2. The number of benzene rings is 1. The summed E-state index contributed by atoms with van der Waals surface area (Å²) in [6, 6.07) is 8.18. The molecule has 0 fully saturated rings. The van der Waals surface area contributed by atoms with Crippen molar-refractivity contribution in [3.63, 3.8) is 0 Å². The number of aryl methyl sites for hydroxylation is 1. The van der Waals surface area contributed by atoms with Crippen molar-refractivity contribution in [3.8, 4) is 0 Å². The van der Waals surface area contributed by atoms with Crippen molar-refractivity contribution in [1.82, 2.24) is 14.3 Å². The molecule has 0 amide bonds. The molecule has 1 atom stereocenters. The molecule has 120 valence electrons. The summed E-state index contributed by atoms with van der Waals surface area (Å²) in [7, 11) is 0.437. The topological polar surface area (TPSA) is 61.4 Å². The standard InChI is InChI=1S/C15H27N3O2S/c1-6-13-7-9-14(10-8-13)15(18(4)5)11-16-21(19,20)17-12(2)3/h7-10,12,15-17H,6,11H2,1-5H3. The van der Waals surface area contributed by atoms with E-state index in [9.17, 15) is 8.42 Å². The molecular weight excluding hydrogens is 286 g/mol. The van der Waals surface area contributed by atoms with Crippen LogP contribution < -0.4 is 9.44 Å². The van der Waals surface area contributed by atoms with Crippen LogP contribution in [0.4, 0.5) is 0 Å². The van der Waals surface area contributed by atoms with E-state index in [1.807, 2.05) is 19.0 Å². The molecule has 0 saturated carbocycles. The van der Waals surface area contributed by atoms with Crippen LogP contribution in [0, 0.1) is 0 Å². The van der Waals surface area contributed by atoms with Crippen LogP contribution >= 0.6 is 0 Å². The van der Waals surface area contributed by atoms with Crippen LogP contribution in [0.25, 0.3) is 0 Å². The molecule has 0 aliphatic carbocycles. The van der Waals surface area contributed by atoms with Crippen molar-refractivity contribution in [2.75, 3.05) is 20.6 Å². The molecule has 0 radical (unpaired) electrons. The molecule has 0 bridgehead atoms. The van der Waals surface area contributed by atoms with E-state index in [0.29, 0.717) is 6.54 Å². The van der Waals surface area contributed by atoms with Crippen LogP contribution in [0.2, 0.25) is 0 Å². The maximum atomic E-state index is 11.9. The maximum Gasteiger partial charge on any atom is 0.277 e. The van der Waals surface area contributed by atoms with Gasteiger partial charge in [0, 0.05) is 18.6 Å². The first kappa shape index (κ1) is 18.1. The zero-order chi connectivity index (χ0) is 16.0. The minimum absolute atomic E-state index is 0.000330. The summed E-state index contributed by atoms with van der Waals surface area (Å²) >= 11 is 0. The van der Waals surface area contributed by atoms with Crippen LogP contribution in [0.15, 0.2) is 24.3 Å². The summed E-state index contributed by atoms with van der Waals surface area (Å²) in [6.45, 7) is 6.04. The third-order valence-electron chi connectivity index (χ3n) is 3.25. The summed E-state index contributed by atoms with van der Waals surface area (Å²) < 4.78 is 28.9. The fraction of sp³-hybridized carbons (Fsp3) is 0.600. The molecule has 0 aliphatic heterocycles. The number of hydrogen-bond acceptors (Lipinski definition) is 3. The first-order chi connectivity index (χ1) is 9.75. The second kappa shape index (κ2) is 7.89. The van der Waals surface area contributed by atoms with Gasteiger partial charge in [-0.15, -0.1) is 0 Å². The van der Waals surface area contributed by atoms with Crippen LogP contribution in [0.1, 0.15) is 37.9 Å². The van der Waals surface area contributed by atoms with E-state index < -0.39 is 10.2 Å². The van der Waals surface area contributed by atoms with Gasteiger partial charge in [0.25, 0.3) is 10.2 Å². The van der Waals surface area contributed by atoms with Crippen LogP contribution in [0.5, 0.6) is 0 Å². The van der Waals surface area contributed by atoms with Gasteiger partial charge in [0.1, 0.15) is 0 Å². The number of nitrogens with zero attached hydrogens (tertiary/aromatic N) is 1. The second-order valence-corrected chi connectivity index (χ2v) is 7.23. The smallest absolute Gasteiger partial charge is 0.277 e. The fourth-order valence-electron chi connectivity index (χ4n) is 2.11. The monoisotopic (exact) mass is 313 g/mol. The number of rotatable bonds is 8.